The molecular formula is C13H18ClN3O. The average molecular weight is 268 g/mol. The summed E-state index contributed by atoms with van der Waals surface area (Å²) >= 11 is 5.99. The second-order valence-corrected chi connectivity index (χ2v) is 5.27. The Morgan fingerprint density at radius 2 is 2.39 bits per heavy atom. The highest BCUT2D eigenvalue weighted by Crippen LogP contribution is 2.19. The van der Waals surface area contributed by atoms with Crippen LogP contribution in [0.15, 0.2) is 18.2 Å². The maximum atomic E-state index is 12.0. The lowest BCUT2D eigenvalue weighted by Crippen LogP contribution is -2.30. The number of nitrogens with two attached hydrogens (primary N) is 1. The number of nitrogen functional groups attached to an aromatic ring is 1. The first-order valence-corrected chi connectivity index (χ1v) is 6.46. The number of benzene rings is 1. The highest BCUT2D eigenvalue weighted by molar-refractivity contribution is 6.34. The molecule has 0 aliphatic carbocycles. The fraction of sp³-hybridized carbons (Fsp3) is 0.462. The first-order chi connectivity index (χ1) is 8.56. The molecule has 0 bridgehead atoms. The summed E-state index contributed by atoms with van der Waals surface area (Å²) < 4.78 is 0. The molecular weight excluding hydrogens is 250 g/mol. The molecule has 1 aliphatic rings. The highest BCUT2D eigenvalue weighted by Gasteiger charge is 2.20. The first kappa shape index (κ1) is 13.2. The Bertz CT molecular complexity index is 450. The molecule has 18 heavy (non-hydrogen) atoms. The maximum absolute atomic E-state index is 12.0. The molecule has 3 N–H and O–H groups in total. The Labute approximate surface area is 112 Å². The zero-order valence-corrected chi connectivity index (χ0v) is 11.2. The Hall–Kier alpha value is -1.26. The average Bonchev–Trinajstić information content (AvgIpc) is 2.75. The van der Waals surface area contributed by atoms with Crippen LogP contribution in [-0.4, -0.2) is 37.5 Å². The third-order valence-electron chi connectivity index (χ3n) is 3.28. The number of anilines is 1. The predicted molar refractivity (Wildman–Crippen MR) is 73.8 cm³/mol. The Morgan fingerprint density at radius 3 is 3.06 bits per heavy atom. The summed E-state index contributed by atoms with van der Waals surface area (Å²) in [4.78, 5) is 14.3. The molecule has 98 valence electrons. The van der Waals surface area contributed by atoms with Gasteiger partial charge in [0.2, 0.25) is 0 Å². The van der Waals surface area contributed by atoms with Crippen molar-refractivity contribution in [3.05, 3.63) is 28.8 Å². The van der Waals surface area contributed by atoms with E-state index in [0.29, 0.717) is 28.7 Å². The van der Waals surface area contributed by atoms with Crippen molar-refractivity contribution in [3.63, 3.8) is 0 Å². The van der Waals surface area contributed by atoms with Gasteiger partial charge in [-0.3, -0.25) is 4.79 Å². The van der Waals surface area contributed by atoms with Gasteiger partial charge in [-0.25, -0.2) is 0 Å². The van der Waals surface area contributed by atoms with Gasteiger partial charge in [-0.2, -0.15) is 0 Å². The molecule has 2 rings (SSSR count). The third kappa shape index (κ3) is 3.15. The van der Waals surface area contributed by atoms with E-state index in [4.69, 9.17) is 17.3 Å². The van der Waals surface area contributed by atoms with Crippen LogP contribution in [0.5, 0.6) is 0 Å². The van der Waals surface area contributed by atoms with E-state index in [1.165, 1.54) is 0 Å². The largest absolute Gasteiger partial charge is 0.399 e. The van der Waals surface area contributed by atoms with Crippen LogP contribution in [-0.2, 0) is 0 Å². The van der Waals surface area contributed by atoms with E-state index in [-0.39, 0.29) is 5.91 Å². The number of hydrogen-bond donors (Lipinski definition) is 2. The van der Waals surface area contributed by atoms with E-state index in [1.54, 1.807) is 18.2 Å². The number of likely N-dealkylation sites (tertiary alicyclic amines) is 1. The van der Waals surface area contributed by atoms with Gasteiger partial charge >= 0.3 is 0 Å². The minimum absolute atomic E-state index is 0.151. The molecule has 0 spiro atoms. The number of carbonyl (C=O) groups excluding carboxylic acids is 1. The lowest BCUT2D eigenvalue weighted by atomic mass is 10.1. The van der Waals surface area contributed by atoms with E-state index in [1.807, 2.05) is 0 Å². The van der Waals surface area contributed by atoms with Crippen molar-refractivity contribution < 1.29 is 4.79 Å². The fourth-order valence-electron chi connectivity index (χ4n) is 2.24. The Morgan fingerprint density at radius 1 is 1.61 bits per heavy atom. The summed E-state index contributed by atoms with van der Waals surface area (Å²) in [5.74, 6) is 0.376. The molecule has 0 aromatic heterocycles. The van der Waals surface area contributed by atoms with Gasteiger partial charge in [-0.15, -0.1) is 0 Å². The van der Waals surface area contributed by atoms with E-state index >= 15 is 0 Å². The molecule has 1 fully saturated rings. The summed E-state index contributed by atoms with van der Waals surface area (Å²) in [6, 6.07) is 4.94. The van der Waals surface area contributed by atoms with Crippen LogP contribution in [0.1, 0.15) is 16.8 Å². The van der Waals surface area contributed by atoms with Gasteiger partial charge < -0.3 is 16.0 Å². The molecule has 1 heterocycles. The number of nitrogens with zero attached hydrogens (tertiary/aromatic N) is 1. The van der Waals surface area contributed by atoms with Gasteiger partial charge in [-0.1, -0.05) is 11.6 Å². The molecule has 1 amide bonds. The van der Waals surface area contributed by atoms with Crippen molar-refractivity contribution in [2.24, 2.45) is 5.92 Å². The first-order valence-electron chi connectivity index (χ1n) is 6.08. The second kappa shape index (κ2) is 5.59. The molecule has 1 aliphatic heterocycles. The normalized spacial score (nSPS) is 20.0. The van der Waals surface area contributed by atoms with Gasteiger partial charge in [0, 0.05) is 18.8 Å². The number of nitrogens with one attached hydrogen (secondary N) is 1. The van der Waals surface area contributed by atoms with Gasteiger partial charge in [-0.05, 0) is 44.1 Å². The number of amides is 1. The molecule has 5 heteroatoms. The van der Waals surface area contributed by atoms with Crippen molar-refractivity contribution in [2.45, 2.75) is 6.42 Å². The van der Waals surface area contributed by atoms with Crippen molar-refractivity contribution in [1.82, 2.24) is 10.2 Å². The van der Waals surface area contributed by atoms with Crippen molar-refractivity contribution >= 4 is 23.2 Å². The Balaban J connectivity index is 1.93. The van der Waals surface area contributed by atoms with E-state index in [2.05, 4.69) is 17.3 Å². The van der Waals surface area contributed by atoms with Gasteiger partial charge in [0.15, 0.2) is 0 Å². The topological polar surface area (TPSA) is 58.4 Å². The minimum Gasteiger partial charge on any atom is -0.399 e. The highest BCUT2D eigenvalue weighted by atomic mass is 35.5. The molecule has 1 saturated heterocycles. The Kier molecular flexibility index (Phi) is 4.09. The molecule has 1 atom stereocenters. The molecule has 0 saturated carbocycles. The van der Waals surface area contributed by atoms with E-state index in [9.17, 15) is 4.79 Å². The van der Waals surface area contributed by atoms with Crippen molar-refractivity contribution in [1.29, 1.82) is 0 Å². The standard InChI is InChI=1S/C13H18ClN3O/c1-17-5-4-9(8-17)7-16-13(18)11-6-10(15)2-3-12(11)14/h2-3,6,9H,4-5,7-8,15H2,1H3,(H,16,18). The SMILES string of the molecule is CN1CCC(CNC(=O)c2cc(N)ccc2Cl)C1. The van der Waals surface area contributed by atoms with Crippen LogP contribution in [0.4, 0.5) is 5.69 Å². The van der Waals surface area contributed by atoms with Gasteiger partial charge in [0.1, 0.15) is 0 Å². The molecule has 4 nitrogen and oxygen atoms in total. The third-order valence-corrected chi connectivity index (χ3v) is 3.60. The van der Waals surface area contributed by atoms with E-state index in [0.717, 1.165) is 19.5 Å². The van der Waals surface area contributed by atoms with Gasteiger partial charge in [0.05, 0.1) is 10.6 Å². The van der Waals surface area contributed by atoms with Crippen LogP contribution in [0.2, 0.25) is 5.02 Å². The molecule has 1 unspecified atom stereocenters. The van der Waals surface area contributed by atoms with Crippen molar-refractivity contribution in [2.75, 3.05) is 32.4 Å². The molecule has 0 radical (unpaired) electrons. The lowest BCUT2D eigenvalue weighted by molar-refractivity contribution is 0.0947. The number of rotatable bonds is 3. The maximum Gasteiger partial charge on any atom is 0.252 e. The summed E-state index contributed by atoms with van der Waals surface area (Å²) in [7, 11) is 2.09. The number of halogens is 1. The van der Waals surface area contributed by atoms with Crippen LogP contribution in [0.3, 0.4) is 0 Å². The van der Waals surface area contributed by atoms with Crippen LogP contribution in [0, 0.1) is 5.92 Å². The smallest absolute Gasteiger partial charge is 0.252 e. The van der Waals surface area contributed by atoms with Gasteiger partial charge in [0.25, 0.3) is 5.91 Å². The summed E-state index contributed by atoms with van der Waals surface area (Å²) in [5.41, 5.74) is 6.65. The van der Waals surface area contributed by atoms with Crippen molar-refractivity contribution in [3.8, 4) is 0 Å². The summed E-state index contributed by atoms with van der Waals surface area (Å²) in [5, 5.41) is 3.36. The number of hydrogen-bond acceptors (Lipinski definition) is 3. The fourth-order valence-corrected chi connectivity index (χ4v) is 2.45. The predicted octanol–water partition coefficient (Wildman–Crippen LogP) is 1.60. The molecule has 1 aromatic carbocycles. The van der Waals surface area contributed by atoms with Crippen LogP contribution < -0.4 is 11.1 Å². The monoisotopic (exact) mass is 267 g/mol. The summed E-state index contributed by atoms with van der Waals surface area (Å²) in [6.07, 6.45) is 1.13. The van der Waals surface area contributed by atoms with Crippen LogP contribution >= 0.6 is 11.6 Å². The number of carbonyl (C=O) groups is 1. The quantitative estimate of drug-likeness (QED) is 0.818. The molecule has 1 aromatic rings. The second-order valence-electron chi connectivity index (χ2n) is 4.87. The van der Waals surface area contributed by atoms with E-state index < -0.39 is 0 Å². The van der Waals surface area contributed by atoms with Crippen LogP contribution in [0.25, 0.3) is 0 Å². The summed E-state index contributed by atoms with van der Waals surface area (Å²) in [6.45, 7) is 2.82. The lowest BCUT2D eigenvalue weighted by Gasteiger charge is -2.12. The zero-order valence-electron chi connectivity index (χ0n) is 10.4. The zero-order chi connectivity index (χ0) is 13.1. The minimum atomic E-state index is -0.151.